The highest BCUT2D eigenvalue weighted by Crippen LogP contribution is 2.20. The summed E-state index contributed by atoms with van der Waals surface area (Å²) in [5.41, 5.74) is 4.95. The van der Waals surface area contributed by atoms with Crippen LogP contribution < -0.4 is 5.62 Å². The number of nitrogens with one attached hydrogen (secondary N) is 1. The maximum absolute atomic E-state index is 11.4. The summed E-state index contributed by atoms with van der Waals surface area (Å²) in [5, 5.41) is 10.0. The van der Waals surface area contributed by atoms with Crippen LogP contribution in [0, 0.1) is 5.41 Å². The molecule has 1 N–H and O–H groups in total. The predicted molar refractivity (Wildman–Crippen MR) is 124 cm³/mol. The third-order valence-corrected chi connectivity index (χ3v) is 6.23. The van der Waals surface area contributed by atoms with Gasteiger partial charge in [0.2, 0.25) is 5.62 Å². The molecule has 0 bridgehead atoms. The first-order valence-electron chi connectivity index (χ1n) is 11.1. The fourth-order valence-electron chi connectivity index (χ4n) is 4.56. The van der Waals surface area contributed by atoms with Crippen molar-refractivity contribution in [3.05, 3.63) is 71.5 Å². The van der Waals surface area contributed by atoms with E-state index in [1.807, 2.05) is 34.9 Å². The van der Waals surface area contributed by atoms with Gasteiger partial charge in [-0.15, -0.1) is 0 Å². The van der Waals surface area contributed by atoms with Gasteiger partial charge in [-0.3, -0.25) is 20.1 Å². The summed E-state index contributed by atoms with van der Waals surface area (Å²) < 4.78 is 9.48. The maximum atomic E-state index is 11.4. The topological polar surface area (TPSA) is 76.1 Å². The summed E-state index contributed by atoms with van der Waals surface area (Å²) in [5.74, 6) is 0. The van der Waals surface area contributed by atoms with E-state index in [9.17, 15) is 4.79 Å². The van der Waals surface area contributed by atoms with Crippen molar-refractivity contribution in [3.63, 3.8) is 0 Å². The molecule has 2 aromatic carbocycles. The van der Waals surface area contributed by atoms with Gasteiger partial charge in [0.05, 0.1) is 36.3 Å². The van der Waals surface area contributed by atoms with Gasteiger partial charge < -0.3 is 13.9 Å². The molecule has 0 saturated carbocycles. The molecule has 0 aliphatic carbocycles. The third kappa shape index (κ3) is 3.97. The average molecular weight is 430 g/mol. The summed E-state index contributed by atoms with van der Waals surface area (Å²) >= 11 is 0. The van der Waals surface area contributed by atoms with E-state index in [0.717, 1.165) is 79.6 Å². The molecule has 0 amide bonds. The Labute approximate surface area is 186 Å². The van der Waals surface area contributed by atoms with Gasteiger partial charge in [-0.05, 0) is 36.2 Å². The number of ether oxygens (including phenoxy) is 1. The number of hydrogen-bond donors (Lipinski definition) is 1. The zero-order valence-corrected chi connectivity index (χ0v) is 18.0. The van der Waals surface area contributed by atoms with Crippen molar-refractivity contribution in [2.75, 3.05) is 32.8 Å². The molecule has 0 atom stereocenters. The number of aldehydes is 1. The fourth-order valence-corrected chi connectivity index (χ4v) is 4.56. The Bertz CT molecular complexity index is 1310. The van der Waals surface area contributed by atoms with E-state index in [1.165, 1.54) is 0 Å². The zero-order chi connectivity index (χ0) is 21.9. The van der Waals surface area contributed by atoms with Crippen LogP contribution >= 0.6 is 0 Å². The number of hydrogen-bond acceptors (Lipinski definition) is 5. The Hall–Kier alpha value is -3.29. The van der Waals surface area contributed by atoms with E-state index in [4.69, 9.17) is 10.1 Å². The van der Waals surface area contributed by atoms with E-state index in [0.29, 0.717) is 17.7 Å². The molecule has 1 aliphatic heterocycles. The molecule has 5 rings (SSSR count). The normalized spacial score (nSPS) is 14.9. The largest absolute Gasteiger partial charge is 0.379 e. The molecule has 164 valence electrons. The Balaban J connectivity index is 1.50. The Morgan fingerprint density at radius 2 is 1.84 bits per heavy atom. The Kier molecular flexibility index (Phi) is 5.83. The maximum Gasteiger partial charge on any atom is 0.203 e. The SMILES string of the molecule is N=c1n(CCCN2CCOCC2)c2ccc(C=O)cc2n1Cc1cccc2cccnc12. The van der Waals surface area contributed by atoms with Gasteiger partial charge in [-0.1, -0.05) is 24.3 Å². The molecule has 3 heterocycles. The standard InChI is InChI=1S/C25H27N5O2/c26-25-29(11-3-10-28-12-14-32-15-13-28)22-8-7-19(18-31)16-23(22)30(25)17-21-5-1-4-20-6-2-9-27-24(20)21/h1-2,4-9,16,18,26H,3,10-15,17H2. The molecular formula is C25H27N5O2. The number of aryl methyl sites for hydroxylation is 1. The van der Waals surface area contributed by atoms with Crippen LogP contribution in [0.25, 0.3) is 21.9 Å². The van der Waals surface area contributed by atoms with Gasteiger partial charge in [0.25, 0.3) is 0 Å². The smallest absolute Gasteiger partial charge is 0.203 e. The summed E-state index contributed by atoms with van der Waals surface area (Å²) in [4.78, 5) is 18.4. The van der Waals surface area contributed by atoms with Crippen molar-refractivity contribution >= 4 is 28.2 Å². The summed E-state index contributed by atoms with van der Waals surface area (Å²) in [6.45, 7) is 5.81. The van der Waals surface area contributed by atoms with E-state index >= 15 is 0 Å². The van der Waals surface area contributed by atoms with Crippen molar-refractivity contribution in [1.82, 2.24) is 19.0 Å². The van der Waals surface area contributed by atoms with E-state index in [2.05, 4.69) is 32.7 Å². The van der Waals surface area contributed by atoms with Crippen LogP contribution in [0.5, 0.6) is 0 Å². The van der Waals surface area contributed by atoms with Crippen molar-refractivity contribution in [1.29, 1.82) is 5.41 Å². The monoisotopic (exact) mass is 429 g/mol. The zero-order valence-electron chi connectivity index (χ0n) is 18.0. The Morgan fingerprint density at radius 1 is 1.00 bits per heavy atom. The van der Waals surface area contributed by atoms with Crippen LogP contribution in [0.2, 0.25) is 0 Å². The lowest BCUT2D eigenvalue weighted by Gasteiger charge is -2.26. The van der Waals surface area contributed by atoms with Gasteiger partial charge in [0, 0.05) is 43.3 Å². The van der Waals surface area contributed by atoms with Crippen LogP contribution in [0.1, 0.15) is 22.3 Å². The van der Waals surface area contributed by atoms with Crippen LogP contribution in [-0.4, -0.2) is 58.2 Å². The van der Waals surface area contributed by atoms with Crippen molar-refractivity contribution in [2.24, 2.45) is 0 Å². The summed E-state index contributed by atoms with van der Waals surface area (Å²) in [6, 6.07) is 15.8. The number of fused-ring (bicyclic) bond motifs is 2. The van der Waals surface area contributed by atoms with Gasteiger partial charge in [-0.2, -0.15) is 0 Å². The number of aromatic nitrogens is 3. The number of imidazole rings is 1. The number of rotatable bonds is 7. The molecule has 7 heteroatoms. The quantitative estimate of drug-likeness (QED) is 0.458. The lowest BCUT2D eigenvalue weighted by atomic mass is 10.1. The Morgan fingerprint density at radius 3 is 2.69 bits per heavy atom. The van der Waals surface area contributed by atoms with Gasteiger partial charge in [0.1, 0.15) is 6.29 Å². The van der Waals surface area contributed by atoms with Crippen molar-refractivity contribution in [2.45, 2.75) is 19.5 Å². The number of morpholine rings is 1. The molecule has 32 heavy (non-hydrogen) atoms. The van der Waals surface area contributed by atoms with Crippen LogP contribution in [-0.2, 0) is 17.8 Å². The molecule has 7 nitrogen and oxygen atoms in total. The van der Waals surface area contributed by atoms with E-state index < -0.39 is 0 Å². The minimum Gasteiger partial charge on any atom is -0.379 e. The van der Waals surface area contributed by atoms with Crippen molar-refractivity contribution in [3.8, 4) is 0 Å². The molecule has 2 aromatic heterocycles. The number of carbonyl (C=O) groups excluding carboxylic acids is 1. The second-order valence-corrected chi connectivity index (χ2v) is 8.23. The van der Waals surface area contributed by atoms with Crippen LogP contribution in [0.4, 0.5) is 0 Å². The van der Waals surface area contributed by atoms with E-state index in [-0.39, 0.29) is 0 Å². The first-order valence-corrected chi connectivity index (χ1v) is 11.1. The molecule has 1 aliphatic rings. The molecule has 4 aromatic rings. The first kappa shape index (κ1) is 20.6. The molecule has 1 fully saturated rings. The lowest BCUT2D eigenvalue weighted by Crippen LogP contribution is -2.37. The molecule has 0 spiro atoms. The van der Waals surface area contributed by atoms with Crippen LogP contribution in [0.15, 0.2) is 54.7 Å². The molecule has 0 radical (unpaired) electrons. The highest BCUT2D eigenvalue weighted by Gasteiger charge is 2.15. The molecular weight excluding hydrogens is 402 g/mol. The molecule has 1 saturated heterocycles. The van der Waals surface area contributed by atoms with Crippen molar-refractivity contribution < 1.29 is 9.53 Å². The number of pyridine rings is 1. The van der Waals surface area contributed by atoms with Crippen LogP contribution in [0.3, 0.4) is 0 Å². The second-order valence-electron chi connectivity index (χ2n) is 8.23. The minimum absolute atomic E-state index is 0.443. The summed E-state index contributed by atoms with van der Waals surface area (Å²) in [7, 11) is 0. The second kappa shape index (κ2) is 9.06. The third-order valence-electron chi connectivity index (χ3n) is 6.23. The minimum atomic E-state index is 0.443. The number of benzene rings is 2. The summed E-state index contributed by atoms with van der Waals surface area (Å²) in [6.07, 6.45) is 3.63. The molecule has 0 unspecified atom stereocenters. The first-order chi connectivity index (χ1) is 15.7. The number of carbonyl (C=O) groups is 1. The van der Waals surface area contributed by atoms with Gasteiger partial charge in [-0.25, -0.2) is 0 Å². The predicted octanol–water partition coefficient (Wildman–Crippen LogP) is 3.05. The number of para-hydroxylation sites is 1. The van der Waals surface area contributed by atoms with E-state index in [1.54, 1.807) is 6.20 Å². The van der Waals surface area contributed by atoms with Gasteiger partial charge in [0.15, 0.2) is 0 Å². The number of nitrogens with zero attached hydrogens (tertiary/aromatic N) is 4. The highest BCUT2D eigenvalue weighted by molar-refractivity contribution is 5.86. The van der Waals surface area contributed by atoms with Gasteiger partial charge >= 0.3 is 0 Å². The highest BCUT2D eigenvalue weighted by atomic mass is 16.5. The average Bonchev–Trinajstić information content (AvgIpc) is 3.10. The lowest BCUT2D eigenvalue weighted by molar-refractivity contribution is 0.0369. The fraction of sp³-hybridized carbons (Fsp3) is 0.320.